The van der Waals surface area contributed by atoms with E-state index in [-0.39, 0.29) is 10.8 Å². The number of thiazole rings is 1. The highest BCUT2D eigenvalue weighted by molar-refractivity contribution is 7.91. The lowest BCUT2D eigenvalue weighted by atomic mass is 10.0. The third kappa shape index (κ3) is 4.38. The van der Waals surface area contributed by atoms with Gasteiger partial charge in [0.1, 0.15) is 16.0 Å². The van der Waals surface area contributed by atoms with Gasteiger partial charge in [0.25, 0.3) is 15.9 Å². The molecule has 10 heteroatoms. The summed E-state index contributed by atoms with van der Waals surface area (Å²) < 4.78 is 36.1. The van der Waals surface area contributed by atoms with E-state index in [2.05, 4.69) is 10.9 Å². The van der Waals surface area contributed by atoms with Crippen LogP contribution in [0.4, 0.5) is 0 Å². The molecule has 0 radical (unpaired) electrons. The molecule has 3 heterocycles. The number of amides is 1. The van der Waals surface area contributed by atoms with Gasteiger partial charge in [-0.25, -0.2) is 8.42 Å². The van der Waals surface area contributed by atoms with Gasteiger partial charge in [0.15, 0.2) is 4.80 Å². The van der Waals surface area contributed by atoms with Gasteiger partial charge < -0.3 is 9.30 Å². The van der Waals surface area contributed by atoms with E-state index in [1.807, 2.05) is 25.1 Å². The summed E-state index contributed by atoms with van der Waals surface area (Å²) >= 11 is 2.49. The summed E-state index contributed by atoms with van der Waals surface area (Å²) in [7, 11) is -3.74. The minimum atomic E-state index is -3.74. The number of sulfonamides is 1. The summed E-state index contributed by atoms with van der Waals surface area (Å²) in [5.74, 6) is 2.87. The highest BCUT2D eigenvalue weighted by Gasteiger charge is 2.38. The Morgan fingerprint density at radius 3 is 2.91 bits per heavy atom. The first-order chi connectivity index (χ1) is 15.5. The van der Waals surface area contributed by atoms with E-state index in [0.29, 0.717) is 30.8 Å². The molecule has 0 aliphatic carbocycles. The lowest BCUT2D eigenvalue weighted by Crippen LogP contribution is -2.47. The molecule has 2 aromatic heterocycles. The SMILES string of the molecule is C#CCn1c(=NC(=O)C2CCCCN2S(=O)(=O)c2cccs2)sc2cc(OCC)ccc21. The smallest absolute Gasteiger partial charge is 0.266 e. The van der Waals surface area contributed by atoms with Crippen molar-refractivity contribution in [3.8, 4) is 18.1 Å². The van der Waals surface area contributed by atoms with Crippen LogP contribution in [-0.4, -0.2) is 42.4 Å². The fourth-order valence-corrected chi connectivity index (χ4v) is 7.61. The van der Waals surface area contributed by atoms with Crippen molar-refractivity contribution in [1.29, 1.82) is 0 Å². The largest absolute Gasteiger partial charge is 0.494 e. The van der Waals surface area contributed by atoms with E-state index in [1.54, 1.807) is 22.1 Å². The van der Waals surface area contributed by atoms with Crippen molar-refractivity contribution in [2.45, 2.75) is 43.0 Å². The zero-order valence-electron chi connectivity index (χ0n) is 17.6. The standard InChI is InChI=1S/C22H23N3O4S3/c1-3-12-24-17-11-10-16(29-4-2)15-19(17)31-22(24)23-21(26)18-8-5-6-13-25(18)32(27,28)20-9-7-14-30-20/h1,7,9-11,14-15,18H,4-6,8,12-13H2,2H3. The number of piperidine rings is 1. The third-order valence-corrected chi connectivity index (χ3v) is 9.54. The van der Waals surface area contributed by atoms with Crippen LogP contribution >= 0.6 is 22.7 Å². The molecule has 4 rings (SSSR count). The van der Waals surface area contributed by atoms with Gasteiger partial charge in [0, 0.05) is 6.54 Å². The fourth-order valence-electron chi connectivity index (χ4n) is 3.77. The quantitative estimate of drug-likeness (QED) is 0.497. The molecule has 32 heavy (non-hydrogen) atoms. The number of carbonyl (C=O) groups excluding carboxylic acids is 1. The van der Waals surface area contributed by atoms with Crippen LogP contribution in [-0.2, 0) is 21.4 Å². The van der Waals surface area contributed by atoms with E-state index >= 15 is 0 Å². The number of nitrogens with zero attached hydrogens (tertiary/aromatic N) is 3. The minimum Gasteiger partial charge on any atom is -0.494 e. The van der Waals surface area contributed by atoms with Gasteiger partial charge in [-0.1, -0.05) is 29.7 Å². The number of hydrogen-bond acceptors (Lipinski definition) is 6. The fraction of sp³-hybridized carbons (Fsp3) is 0.364. The van der Waals surface area contributed by atoms with Crippen molar-refractivity contribution in [2.75, 3.05) is 13.2 Å². The topological polar surface area (TPSA) is 81.0 Å². The van der Waals surface area contributed by atoms with Crippen molar-refractivity contribution in [3.05, 3.63) is 40.5 Å². The number of aromatic nitrogens is 1. The summed E-state index contributed by atoms with van der Waals surface area (Å²) in [5, 5.41) is 1.72. The van der Waals surface area contributed by atoms with Crippen LogP contribution in [0.3, 0.4) is 0 Å². The lowest BCUT2D eigenvalue weighted by Gasteiger charge is -2.31. The van der Waals surface area contributed by atoms with Crippen LogP contribution in [0.2, 0.25) is 0 Å². The van der Waals surface area contributed by atoms with Crippen molar-refractivity contribution in [2.24, 2.45) is 4.99 Å². The van der Waals surface area contributed by atoms with Crippen molar-refractivity contribution in [3.63, 3.8) is 0 Å². The minimum absolute atomic E-state index is 0.241. The first-order valence-electron chi connectivity index (χ1n) is 10.3. The molecule has 1 aliphatic rings. The van der Waals surface area contributed by atoms with E-state index in [1.165, 1.54) is 15.6 Å². The zero-order chi connectivity index (χ0) is 22.7. The molecule has 1 saturated heterocycles. The molecule has 1 aromatic carbocycles. The molecule has 7 nitrogen and oxygen atoms in total. The molecular formula is C22H23N3O4S3. The van der Waals surface area contributed by atoms with Crippen LogP contribution < -0.4 is 9.54 Å². The molecule has 168 valence electrons. The molecule has 1 unspecified atom stereocenters. The van der Waals surface area contributed by atoms with Crippen molar-refractivity contribution < 1.29 is 17.9 Å². The molecule has 1 fully saturated rings. The molecule has 0 spiro atoms. The number of hydrogen-bond donors (Lipinski definition) is 0. The van der Waals surface area contributed by atoms with Gasteiger partial charge in [-0.15, -0.1) is 17.8 Å². The molecule has 0 saturated carbocycles. The predicted octanol–water partition coefficient (Wildman–Crippen LogP) is 3.47. The predicted molar refractivity (Wildman–Crippen MR) is 126 cm³/mol. The maximum Gasteiger partial charge on any atom is 0.266 e. The zero-order valence-corrected chi connectivity index (χ0v) is 20.0. The lowest BCUT2D eigenvalue weighted by molar-refractivity contribution is -0.122. The molecule has 1 aliphatic heterocycles. The highest BCUT2D eigenvalue weighted by atomic mass is 32.2. The summed E-state index contributed by atoms with van der Waals surface area (Å²) in [6.45, 7) is 3.02. The van der Waals surface area contributed by atoms with Gasteiger partial charge in [-0.3, -0.25) is 4.79 Å². The average molecular weight is 490 g/mol. The van der Waals surface area contributed by atoms with Gasteiger partial charge >= 0.3 is 0 Å². The Labute approximate surface area is 195 Å². The summed E-state index contributed by atoms with van der Waals surface area (Å²) in [5.41, 5.74) is 0.856. The van der Waals surface area contributed by atoms with E-state index in [9.17, 15) is 13.2 Å². The molecule has 0 N–H and O–H groups in total. The second-order valence-electron chi connectivity index (χ2n) is 7.25. The van der Waals surface area contributed by atoms with Crippen LogP contribution in [0.5, 0.6) is 5.75 Å². The number of fused-ring (bicyclic) bond motifs is 1. The Balaban J connectivity index is 1.74. The maximum atomic E-state index is 13.2. The Kier molecular flexibility index (Phi) is 6.81. The molecule has 3 aromatic rings. The van der Waals surface area contributed by atoms with E-state index in [4.69, 9.17) is 11.2 Å². The highest BCUT2D eigenvalue weighted by Crippen LogP contribution is 2.29. The van der Waals surface area contributed by atoms with Gasteiger partial charge in [0.05, 0.1) is 23.4 Å². The first-order valence-corrected chi connectivity index (χ1v) is 13.4. The Bertz CT molecular complexity index is 1330. The van der Waals surface area contributed by atoms with Crippen LogP contribution in [0, 0.1) is 12.3 Å². The van der Waals surface area contributed by atoms with Crippen LogP contribution in [0.15, 0.2) is 44.9 Å². The van der Waals surface area contributed by atoms with Crippen molar-refractivity contribution in [1.82, 2.24) is 8.87 Å². The number of carbonyl (C=O) groups is 1. The summed E-state index contributed by atoms with van der Waals surface area (Å²) in [6.07, 6.45) is 7.50. The Morgan fingerprint density at radius 1 is 1.34 bits per heavy atom. The molecule has 1 amide bonds. The first kappa shape index (κ1) is 22.7. The molecular weight excluding hydrogens is 466 g/mol. The molecule has 0 bridgehead atoms. The maximum absolute atomic E-state index is 13.2. The second-order valence-corrected chi connectivity index (χ2v) is 11.3. The summed E-state index contributed by atoms with van der Waals surface area (Å²) in [6, 6.07) is 8.09. The third-order valence-electron chi connectivity index (χ3n) is 5.22. The summed E-state index contributed by atoms with van der Waals surface area (Å²) in [4.78, 5) is 18.1. The number of rotatable bonds is 6. The van der Waals surface area contributed by atoms with Crippen LogP contribution in [0.1, 0.15) is 26.2 Å². The van der Waals surface area contributed by atoms with Gasteiger partial charge in [0.2, 0.25) is 0 Å². The van der Waals surface area contributed by atoms with Crippen LogP contribution in [0.25, 0.3) is 10.2 Å². The Hall–Kier alpha value is -2.45. The normalized spacial score (nSPS) is 18.0. The number of terminal acetylenes is 1. The number of thiophene rings is 1. The van der Waals surface area contributed by atoms with E-state index < -0.39 is 22.0 Å². The van der Waals surface area contributed by atoms with Gasteiger partial charge in [-0.2, -0.15) is 9.30 Å². The molecule has 1 atom stereocenters. The Morgan fingerprint density at radius 2 is 2.19 bits per heavy atom. The number of ether oxygens (including phenoxy) is 1. The van der Waals surface area contributed by atoms with Crippen molar-refractivity contribution >= 4 is 48.8 Å². The second kappa shape index (κ2) is 9.58. The van der Waals surface area contributed by atoms with E-state index in [0.717, 1.165) is 33.7 Å². The average Bonchev–Trinajstić information content (AvgIpc) is 3.44. The monoisotopic (exact) mass is 489 g/mol. The van der Waals surface area contributed by atoms with Gasteiger partial charge in [-0.05, 0) is 49.4 Å². The number of benzene rings is 1.